The van der Waals surface area contributed by atoms with Crippen LogP contribution in [0.2, 0.25) is 0 Å². The fourth-order valence-electron chi connectivity index (χ4n) is 2.73. The fraction of sp³-hybridized carbons (Fsp3) is 0.192. The molecule has 0 aliphatic rings. The number of hydrogen-bond acceptors (Lipinski definition) is 4. The van der Waals surface area contributed by atoms with Gasteiger partial charge in [0.25, 0.3) is 0 Å². The molecule has 0 spiro atoms. The number of ether oxygens (including phenoxy) is 3. The van der Waals surface area contributed by atoms with Gasteiger partial charge in [-0.05, 0) is 69.7 Å². The van der Waals surface area contributed by atoms with Crippen LogP contribution >= 0.6 is 0 Å². The zero-order valence-electron chi connectivity index (χ0n) is 17.9. The van der Waals surface area contributed by atoms with Gasteiger partial charge in [0.2, 0.25) is 5.90 Å². The van der Waals surface area contributed by atoms with Crippen LogP contribution in [0.3, 0.4) is 0 Å². The predicted molar refractivity (Wildman–Crippen MR) is 122 cm³/mol. The third-order valence-electron chi connectivity index (χ3n) is 4.29. The molecule has 0 bridgehead atoms. The molecule has 0 N–H and O–H groups in total. The van der Waals surface area contributed by atoms with E-state index in [0.717, 1.165) is 28.3 Å². The first-order valence-electron chi connectivity index (χ1n) is 10.00. The molecule has 0 amide bonds. The van der Waals surface area contributed by atoms with Gasteiger partial charge < -0.3 is 14.2 Å². The van der Waals surface area contributed by atoms with Gasteiger partial charge in [0.1, 0.15) is 17.2 Å². The van der Waals surface area contributed by atoms with Crippen LogP contribution in [0.5, 0.6) is 17.2 Å². The molecule has 0 heterocycles. The highest BCUT2D eigenvalue weighted by atomic mass is 16.5. The molecule has 0 unspecified atom stereocenters. The van der Waals surface area contributed by atoms with E-state index < -0.39 is 0 Å². The summed E-state index contributed by atoms with van der Waals surface area (Å²) in [6.07, 6.45) is 1.66. The monoisotopic (exact) mass is 401 g/mol. The van der Waals surface area contributed by atoms with Crippen LogP contribution in [0.25, 0.3) is 0 Å². The molecule has 0 aromatic heterocycles. The summed E-state index contributed by atoms with van der Waals surface area (Å²) in [7, 11) is 0. The molecule has 0 aliphatic heterocycles. The Labute approximate surface area is 178 Å². The first kappa shape index (κ1) is 21.2. The quantitative estimate of drug-likeness (QED) is 0.248. The van der Waals surface area contributed by atoms with E-state index in [9.17, 15) is 0 Å². The molecule has 154 valence electrons. The third kappa shape index (κ3) is 6.24. The fourth-order valence-corrected chi connectivity index (χ4v) is 2.73. The number of rotatable bonds is 7. The Balaban J connectivity index is 1.89. The summed E-state index contributed by atoms with van der Waals surface area (Å²) in [4.78, 5) is 4.71. The summed E-state index contributed by atoms with van der Waals surface area (Å²) < 4.78 is 17.5. The van der Waals surface area contributed by atoms with E-state index in [0.29, 0.717) is 18.3 Å². The number of nitrogens with zero attached hydrogens (tertiary/aromatic N) is 1. The molecular weight excluding hydrogens is 374 g/mol. The van der Waals surface area contributed by atoms with Crippen LogP contribution in [0.1, 0.15) is 25.0 Å². The maximum absolute atomic E-state index is 6.13. The molecule has 0 radical (unpaired) electrons. The zero-order chi connectivity index (χ0) is 21.3. The van der Waals surface area contributed by atoms with Crippen LogP contribution in [0, 0.1) is 13.8 Å². The summed E-state index contributed by atoms with van der Waals surface area (Å²) in [6, 6.07) is 23.4. The van der Waals surface area contributed by atoms with Crippen molar-refractivity contribution in [2.75, 3.05) is 6.61 Å². The van der Waals surface area contributed by atoms with Crippen LogP contribution in [0.15, 0.2) is 89.6 Å². The largest absolute Gasteiger partial charge is 0.494 e. The molecule has 30 heavy (non-hydrogen) atoms. The molecule has 3 aromatic carbocycles. The molecule has 0 fully saturated rings. The molecule has 3 rings (SSSR count). The van der Waals surface area contributed by atoms with Crippen LogP contribution in [-0.4, -0.2) is 12.5 Å². The van der Waals surface area contributed by atoms with Gasteiger partial charge in [0, 0.05) is 11.6 Å². The van der Waals surface area contributed by atoms with E-state index in [1.165, 1.54) is 5.56 Å². The number of aryl methyl sites for hydroxylation is 2. The highest BCUT2D eigenvalue weighted by Crippen LogP contribution is 2.23. The Bertz CT molecular complexity index is 1040. The number of benzene rings is 3. The predicted octanol–water partition coefficient (Wildman–Crippen LogP) is 6.79. The van der Waals surface area contributed by atoms with Crippen molar-refractivity contribution in [2.24, 2.45) is 4.99 Å². The molecule has 0 saturated carbocycles. The zero-order valence-corrected chi connectivity index (χ0v) is 17.9. The molecular formula is C26H27NO3. The number of hydrogen-bond donors (Lipinski definition) is 0. The van der Waals surface area contributed by atoms with E-state index in [1.54, 1.807) is 6.26 Å². The van der Waals surface area contributed by atoms with Crippen molar-refractivity contribution in [1.29, 1.82) is 0 Å². The minimum Gasteiger partial charge on any atom is -0.494 e. The van der Waals surface area contributed by atoms with Crippen molar-refractivity contribution in [3.8, 4) is 17.2 Å². The van der Waals surface area contributed by atoms with E-state index in [2.05, 4.69) is 0 Å². The Kier molecular flexibility index (Phi) is 7.28. The van der Waals surface area contributed by atoms with Gasteiger partial charge in [-0.1, -0.05) is 35.9 Å². The first-order valence-corrected chi connectivity index (χ1v) is 10.00. The van der Waals surface area contributed by atoms with Gasteiger partial charge in [-0.15, -0.1) is 0 Å². The third-order valence-corrected chi connectivity index (χ3v) is 4.29. The second kappa shape index (κ2) is 10.3. The summed E-state index contributed by atoms with van der Waals surface area (Å²) in [5.41, 5.74) is 3.88. The maximum Gasteiger partial charge on any atom is 0.225 e. The van der Waals surface area contributed by atoms with Crippen LogP contribution < -0.4 is 14.2 Å². The molecule has 4 heteroatoms. The lowest BCUT2D eigenvalue weighted by Crippen LogP contribution is -2.11. The average Bonchev–Trinajstić information content (AvgIpc) is 2.74. The van der Waals surface area contributed by atoms with Gasteiger partial charge in [-0.25, -0.2) is 4.99 Å². The lowest BCUT2D eigenvalue weighted by molar-refractivity contribution is 0.339. The smallest absolute Gasteiger partial charge is 0.225 e. The molecule has 0 aliphatic carbocycles. The topological polar surface area (TPSA) is 40.0 Å². The van der Waals surface area contributed by atoms with E-state index in [-0.39, 0.29) is 0 Å². The van der Waals surface area contributed by atoms with Crippen molar-refractivity contribution < 1.29 is 14.2 Å². The molecule has 0 saturated heterocycles. The van der Waals surface area contributed by atoms with E-state index in [4.69, 9.17) is 19.2 Å². The van der Waals surface area contributed by atoms with Gasteiger partial charge in [-0.2, -0.15) is 0 Å². The molecule has 0 atom stereocenters. The maximum atomic E-state index is 6.13. The van der Waals surface area contributed by atoms with E-state index in [1.807, 2.05) is 100 Å². The lowest BCUT2D eigenvalue weighted by Gasteiger charge is -2.12. The Morgan fingerprint density at radius 1 is 0.833 bits per heavy atom. The van der Waals surface area contributed by atoms with Gasteiger partial charge in [-0.3, -0.25) is 0 Å². The Morgan fingerprint density at radius 2 is 1.53 bits per heavy atom. The van der Waals surface area contributed by atoms with Gasteiger partial charge >= 0.3 is 0 Å². The lowest BCUT2D eigenvalue weighted by atomic mass is 10.2. The average molecular weight is 402 g/mol. The molecule has 4 nitrogen and oxygen atoms in total. The van der Waals surface area contributed by atoms with Crippen molar-refractivity contribution >= 4 is 11.6 Å². The normalized spacial score (nSPS) is 11.9. The first-order chi connectivity index (χ1) is 14.5. The van der Waals surface area contributed by atoms with Crippen molar-refractivity contribution in [3.05, 3.63) is 95.8 Å². The second-order valence-electron chi connectivity index (χ2n) is 7.00. The van der Waals surface area contributed by atoms with Crippen molar-refractivity contribution in [1.82, 2.24) is 0 Å². The Hall–Kier alpha value is -3.53. The number of aliphatic imine (C=N–C) groups is 1. The highest BCUT2D eigenvalue weighted by molar-refractivity contribution is 5.96. The summed E-state index contributed by atoms with van der Waals surface area (Å²) in [5, 5.41) is 0. The van der Waals surface area contributed by atoms with Crippen LogP contribution in [-0.2, 0) is 0 Å². The van der Waals surface area contributed by atoms with Crippen LogP contribution in [0.4, 0.5) is 5.69 Å². The van der Waals surface area contributed by atoms with Crippen molar-refractivity contribution in [3.63, 3.8) is 0 Å². The summed E-state index contributed by atoms with van der Waals surface area (Å²) >= 11 is 0. The minimum atomic E-state index is 0.458. The summed E-state index contributed by atoms with van der Waals surface area (Å²) in [6.45, 7) is 8.53. The SMILES string of the molecule is CCOc1cccc(OC(=N\c2ccc(C)cc2)/C(C)=C/Oc2cccc(C)c2)c1. The standard InChI is InChI=1S/C26H27NO3/c1-5-28-24-10-7-11-25(17-24)30-26(27-22-14-12-19(2)13-15-22)21(4)18-29-23-9-6-8-20(3)16-23/h6-18H,5H2,1-4H3/b21-18+,27-26-. The van der Waals surface area contributed by atoms with Gasteiger partial charge in [0.15, 0.2) is 0 Å². The molecule has 3 aromatic rings. The minimum absolute atomic E-state index is 0.458. The second-order valence-corrected chi connectivity index (χ2v) is 7.00. The van der Waals surface area contributed by atoms with Crippen molar-refractivity contribution in [2.45, 2.75) is 27.7 Å². The highest BCUT2D eigenvalue weighted by Gasteiger charge is 2.09. The Morgan fingerprint density at radius 3 is 2.27 bits per heavy atom. The van der Waals surface area contributed by atoms with E-state index >= 15 is 0 Å². The van der Waals surface area contributed by atoms with Gasteiger partial charge in [0.05, 0.1) is 18.6 Å². The summed E-state index contributed by atoms with van der Waals surface area (Å²) in [5.74, 6) is 2.62.